The molecule has 0 aliphatic heterocycles. The number of sulfone groups is 1. The Morgan fingerprint density at radius 3 is 2.62 bits per heavy atom. The zero-order valence-electron chi connectivity index (χ0n) is 13.3. The molecule has 1 N–H and O–H groups in total. The van der Waals surface area contributed by atoms with Crippen molar-refractivity contribution in [3.8, 4) is 0 Å². The maximum absolute atomic E-state index is 11.5. The maximum Gasteiger partial charge on any atom is 0.150 e. The average molecular weight is 332 g/mol. The number of aryl methyl sites for hydroxylation is 1. The van der Waals surface area contributed by atoms with Gasteiger partial charge in [-0.3, -0.25) is 0 Å². The number of thiophene rings is 1. The molecule has 0 fully saturated rings. The van der Waals surface area contributed by atoms with Gasteiger partial charge in [0, 0.05) is 16.7 Å². The van der Waals surface area contributed by atoms with Gasteiger partial charge in [-0.15, -0.1) is 11.3 Å². The highest BCUT2D eigenvalue weighted by Gasteiger charge is 2.11. The van der Waals surface area contributed by atoms with Crippen LogP contribution in [-0.2, 0) is 16.3 Å². The standard InChI is InChI=1S/C16H29NO2S2/c1-3-12-17-15(9-7-14-21(18,19)4-2)8-5-10-16-11-6-13-20-16/h6,11,13,15,17H,3-5,7-10,12,14H2,1-2H3. The number of rotatable bonds is 12. The van der Waals surface area contributed by atoms with Crippen LogP contribution in [0.3, 0.4) is 0 Å². The molecule has 1 atom stereocenters. The first-order chi connectivity index (χ1) is 10.1. The maximum atomic E-state index is 11.5. The molecule has 0 bridgehead atoms. The minimum Gasteiger partial charge on any atom is -0.314 e. The smallest absolute Gasteiger partial charge is 0.150 e. The Morgan fingerprint density at radius 2 is 2.00 bits per heavy atom. The first kappa shape index (κ1) is 18.7. The van der Waals surface area contributed by atoms with Crippen LogP contribution < -0.4 is 5.32 Å². The molecule has 1 aromatic rings. The third kappa shape index (κ3) is 8.59. The number of nitrogens with one attached hydrogen (secondary N) is 1. The highest BCUT2D eigenvalue weighted by atomic mass is 32.2. The van der Waals surface area contributed by atoms with Crippen molar-refractivity contribution in [2.24, 2.45) is 0 Å². The molecule has 1 unspecified atom stereocenters. The van der Waals surface area contributed by atoms with Crippen molar-refractivity contribution in [3.63, 3.8) is 0 Å². The van der Waals surface area contributed by atoms with Gasteiger partial charge < -0.3 is 5.32 Å². The Morgan fingerprint density at radius 1 is 1.24 bits per heavy atom. The van der Waals surface area contributed by atoms with E-state index in [0.717, 1.165) is 38.6 Å². The molecule has 0 amide bonds. The normalized spacial score (nSPS) is 13.4. The van der Waals surface area contributed by atoms with Crippen LogP contribution in [0, 0.1) is 0 Å². The van der Waals surface area contributed by atoms with Crippen molar-refractivity contribution in [1.82, 2.24) is 5.32 Å². The van der Waals surface area contributed by atoms with Crippen LogP contribution in [0.4, 0.5) is 0 Å². The summed E-state index contributed by atoms with van der Waals surface area (Å²) in [6.07, 6.45) is 6.29. The molecular weight excluding hydrogens is 302 g/mol. The molecule has 0 radical (unpaired) electrons. The third-order valence-electron chi connectivity index (χ3n) is 3.69. The van der Waals surface area contributed by atoms with E-state index in [1.54, 1.807) is 6.92 Å². The lowest BCUT2D eigenvalue weighted by Gasteiger charge is -2.18. The topological polar surface area (TPSA) is 46.2 Å². The molecule has 0 saturated heterocycles. The Kier molecular flexibility index (Phi) is 9.20. The van der Waals surface area contributed by atoms with Crippen molar-refractivity contribution < 1.29 is 8.42 Å². The summed E-state index contributed by atoms with van der Waals surface area (Å²) in [7, 11) is -2.82. The minimum absolute atomic E-state index is 0.262. The lowest BCUT2D eigenvalue weighted by atomic mass is 10.0. The van der Waals surface area contributed by atoms with E-state index in [4.69, 9.17) is 0 Å². The summed E-state index contributed by atoms with van der Waals surface area (Å²) < 4.78 is 23.1. The van der Waals surface area contributed by atoms with Gasteiger partial charge in [-0.2, -0.15) is 0 Å². The first-order valence-corrected chi connectivity index (χ1v) is 10.7. The fourth-order valence-corrected chi connectivity index (χ4v) is 4.01. The summed E-state index contributed by atoms with van der Waals surface area (Å²) in [5, 5.41) is 5.69. The van der Waals surface area contributed by atoms with Crippen LogP contribution in [0.5, 0.6) is 0 Å². The summed E-state index contributed by atoms with van der Waals surface area (Å²) >= 11 is 1.82. The van der Waals surface area contributed by atoms with Crippen LogP contribution in [0.2, 0.25) is 0 Å². The average Bonchev–Trinajstić information content (AvgIpc) is 2.97. The minimum atomic E-state index is -2.82. The molecule has 1 aromatic heterocycles. The highest BCUT2D eigenvalue weighted by molar-refractivity contribution is 7.91. The Bertz CT molecular complexity index is 455. The second-order valence-electron chi connectivity index (χ2n) is 5.50. The van der Waals surface area contributed by atoms with Crippen LogP contribution in [0.25, 0.3) is 0 Å². The van der Waals surface area contributed by atoms with E-state index in [0.29, 0.717) is 11.8 Å². The van der Waals surface area contributed by atoms with E-state index >= 15 is 0 Å². The van der Waals surface area contributed by atoms with Gasteiger partial charge >= 0.3 is 0 Å². The fraction of sp³-hybridized carbons (Fsp3) is 0.750. The number of hydrogen-bond donors (Lipinski definition) is 1. The lowest BCUT2D eigenvalue weighted by molar-refractivity contribution is 0.438. The van der Waals surface area contributed by atoms with Crippen LogP contribution in [0.15, 0.2) is 17.5 Å². The van der Waals surface area contributed by atoms with Crippen molar-refractivity contribution >= 4 is 21.2 Å². The van der Waals surface area contributed by atoms with E-state index in [2.05, 4.69) is 29.8 Å². The van der Waals surface area contributed by atoms with Crippen molar-refractivity contribution in [1.29, 1.82) is 0 Å². The number of hydrogen-bond acceptors (Lipinski definition) is 4. The Balaban J connectivity index is 2.29. The summed E-state index contributed by atoms with van der Waals surface area (Å²) in [6.45, 7) is 4.91. The second kappa shape index (κ2) is 10.4. The van der Waals surface area contributed by atoms with E-state index in [9.17, 15) is 8.42 Å². The van der Waals surface area contributed by atoms with E-state index in [1.165, 1.54) is 11.3 Å². The molecule has 1 heterocycles. The SMILES string of the molecule is CCCNC(CCCc1cccs1)CCCS(=O)(=O)CC. The van der Waals surface area contributed by atoms with Gasteiger partial charge in [0.1, 0.15) is 9.84 Å². The quantitative estimate of drug-likeness (QED) is 0.636. The first-order valence-electron chi connectivity index (χ1n) is 8.03. The largest absolute Gasteiger partial charge is 0.314 e. The van der Waals surface area contributed by atoms with Gasteiger partial charge in [-0.1, -0.05) is 19.9 Å². The van der Waals surface area contributed by atoms with Crippen molar-refractivity contribution in [2.45, 2.75) is 58.4 Å². The molecule has 21 heavy (non-hydrogen) atoms. The Hall–Kier alpha value is -0.390. The highest BCUT2D eigenvalue weighted by Crippen LogP contribution is 2.14. The zero-order valence-corrected chi connectivity index (χ0v) is 14.9. The van der Waals surface area contributed by atoms with Gasteiger partial charge in [0.2, 0.25) is 0 Å². The zero-order chi connectivity index (χ0) is 15.6. The molecule has 0 aliphatic rings. The molecule has 1 rings (SSSR count). The van der Waals surface area contributed by atoms with Gasteiger partial charge in [0.15, 0.2) is 0 Å². The van der Waals surface area contributed by atoms with Gasteiger partial charge in [0.25, 0.3) is 0 Å². The summed E-state index contributed by atoms with van der Waals surface area (Å²) in [4.78, 5) is 1.44. The van der Waals surface area contributed by atoms with Crippen molar-refractivity contribution in [2.75, 3.05) is 18.1 Å². The molecule has 122 valence electrons. The van der Waals surface area contributed by atoms with Crippen LogP contribution in [0.1, 0.15) is 50.8 Å². The van der Waals surface area contributed by atoms with Crippen LogP contribution in [-0.4, -0.2) is 32.5 Å². The summed E-state index contributed by atoms with van der Waals surface area (Å²) in [5.41, 5.74) is 0. The molecule has 5 heteroatoms. The van der Waals surface area contributed by atoms with Gasteiger partial charge in [-0.05, 0) is 56.5 Å². The molecule has 0 aromatic carbocycles. The molecule has 0 aliphatic carbocycles. The summed E-state index contributed by atoms with van der Waals surface area (Å²) in [5.74, 6) is 0.594. The van der Waals surface area contributed by atoms with Gasteiger partial charge in [0.05, 0.1) is 5.75 Å². The monoisotopic (exact) mass is 331 g/mol. The predicted molar refractivity (Wildman–Crippen MR) is 92.9 cm³/mol. The van der Waals surface area contributed by atoms with E-state index in [-0.39, 0.29) is 5.75 Å². The summed E-state index contributed by atoms with van der Waals surface area (Å²) in [6, 6.07) is 4.74. The molecule has 3 nitrogen and oxygen atoms in total. The predicted octanol–water partition coefficient (Wildman–Crippen LogP) is 3.65. The van der Waals surface area contributed by atoms with E-state index < -0.39 is 9.84 Å². The van der Waals surface area contributed by atoms with Crippen molar-refractivity contribution in [3.05, 3.63) is 22.4 Å². The molecule has 0 saturated carbocycles. The third-order valence-corrected chi connectivity index (χ3v) is 6.41. The molecule has 0 spiro atoms. The Labute approximate surface area is 134 Å². The van der Waals surface area contributed by atoms with Crippen LogP contribution >= 0.6 is 11.3 Å². The van der Waals surface area contributed by atoms with E-state index in [1.807, 2.05) is 11.3 Å². The second-order valence-corrected chi connectivity index (χ2v) is 9.01. The lowest BCUT2D eigenvalue weighted by Crippen LogP contribution is -2.30. The molecular formula is C16H29NO2S2. The fourth-order valence-electron chi connectivity index (χ4n) is 2.37. The van der Waals surface area contributed by atoms with Gasteiger partial charge in [-0.25, -0.2) is 8.42 Å².